The monoisotopic (exact) mass is 203 g/mol. The lowest BCUT2D eigenvalue weighted by atomic mass is 10.1. The summed E-state index contributed by atoms with van der Waals surface area (Å²) in [5, 5.41) is 18.5. The van der Waals surface area contributed by atoms with Crippen LogP contribution in [0.2, 0.25) is 0 Å². The van der Waals surface area contributed by atoms with E-state index < -0.39 is 0 Å². The molecule has 0 bridgehead atoms. The van der Waals surface area contributed by atoms with Crippen LogP contribution in [0, 0.1) is 0 Å². The fourth-order valence-electron chi connectivity index (χ4n) is 1.87. The molecule has 86 valence electrons. The predicted molar refractivity (Wildman–Crippen MR) is 59.3 cm³/mol. The Morgan fingerprint density at radius 1 is 1.14 bits per heavy atom. The van der Waals surface area contributed by atoms with Gasteiger partial charge in [-0.2, -0.15) is 0 Å². The third-order valence-electron chi connectivity index (χ3n) is 2.99. The zero-order valence-electron chi connectivity index (χ0n) is 9.90. The number of nitrogens with zero attached hydrogens (tertiary/aromatic N) is 1. The van der Waals surface area contributed by atoms with E-state index in [4.69, 9.17) is 5.11 Å². The predicted octanol–water partition coefficient (Wildman–Crippen LogP) is 1.24. The molecule has 3 heteroatoms. The van der Waals surface area contributed by atoms with Gasteiger partial charge in [-0.05, 0) is 26.7 Å². The summed E-state index contributed by atoms with van der Waals surface area (Å²) in [5.41, 5.74) is 0. The molecule has 0 aromatic heterocycles. The minimum Gasteiger partial charge on any atom is -0.395 e. The van der Waals surface area contributed by atoms with Crippen molar-refractivity contribution < 1.29 is 10.2 Å². The summed E-state index contributed by atoms with van der Waals surface area (Å²) in [6, 6.07) is 0.582. The van der Waals surface area contributed by atoms with Gasteiger partial charge in [-0.3, -0.25) is 4.90 Å². The highest BCUT2D eigenvalue weighted by Gasteiger charge is 2.23. The molecule has 0 amide bonds. The second-order valence-corrected chi connectivity index (χ2v) is 3.91. The summed E-state index contributed by atoms with van der Waals surface area (Å²) in [7, 11) is 0. The van der Waals surface area contributed by atoms with Crippen LogP contribution in [0.4, 0.5) is 0 Å². The average molecular weight is 203 g/mol. The molecule has 0 aliphatic heterocycles. The lowest BCUT2D eigenvalue weighted by Crippen LogP contribution is -2.47. The normalized spacial score (nSPS) is 16.3. The molecule has 0 aromatic rings. The molecule has 0 rings (SSSR count). The van der Waals surface area contributed by atoms with Gasteiger partial charge in [0.2, 0.25) is 0 Å². The van der Waals surface area contributed by atoms with Gasteiger partial charge in [0.25, 0.3) is 0 Å². The Morgan fingerprint density at radius 3 is 1.93 bits per heavy atom. The van der Waals surface area contributed by atoms with Crippen molar-refractivity contribution in [3.05, 3.63) is 0 Å². The van der Waals surface area contributed by atoms with Crippen LogP contribution >= 0.6 is 0 Å². The fraction of sp³-hybridized carbons (Fsp3) is 1.00. The van der Waals surface area contributed by atoms with E-state index in [2.05, 4.69) is 18.7 Å². The molecule has 0 saturated heterocycles. The highest BCUT2D eigenvalue weighted by atomic mass is 16.3. The minimum atomic E-state index is -0.345. The number of aliphatic hydroxyl groups is 2. The molecule has 3 nitrogen and oxygen atoms in total. The lowest BCUT2D eigenvalue weighted by Gasteiger charge is -2.36. The first-order valence-electron chi connectivity index (χ1n) is 5.63. The molecule has 0 aromatic carbocycles. The Labute approximate surface area is 87.7 Å². The van der Waals surface area contributed by atoms with Crippen molar-refractivity contribution >= 4 is 0 Å². The van der Waals surface area contributed by atoms with Gasteiger partial charge in [0.15, 0.2) is 0 Å². The fourth-order valence-corrected chi connectivity index (χ4v) is 1.87. The van der Waals surface area contributed by atoms with Gasteiger partial charge in [0.1, 0.15) is 0 Å². The van der Waals surface area contributed by atoms with Crippen molar-refractivity contribution in [2.75, 3.05) is 13.2 Å². The van der Waals surface area contributed by atoms with E-state index in [0.717, 1.165) is 12.8 Å². The van der Waals surface area contributed by atoms with Gasteiger partial charge < -0.3 is 10.2 Å². The summed E-state index contributed by atoms with van der Waals surface area (Å²) in [4.78, 5) is 2.20. The molecule has 0 saturated carbocycles. The molecule has 0 radical (unpaired) electrons. The van der Waals surface area contributed by atoms with Crippen LogP contribution in [0.3, 0.4) is 0 Å². The molecule has 0 heterocycles. The summed E-state index contributed by atoms with van der Waals surface area (Å²) < 4.78 is 0. The number of hydrogen-bond acceptors (Lipinski definition) is 3. The quantitative estimate of drug-likeness (QED) is 0.654. The second-order valence-electron chi connectivity index (χ2n) is 3.91. The third-order valence-corrected chi connectivity index (χ3v) is 2.99. The number of hydrogen-bond donors (Lipinski definition) is 2. The van der Waals surface area contributed by atoms with Crippen molar-refractivity contribution in [3.63, 3.8) is 0 Å². The molecular formula is C11H25NO2. The van der Waals surface area contributed by atoms with E-state index in [0.29, 0.717) is 12.6 Å². The molecule has 2 unspecified atom stereocenters. The zero-order valence-corrected chi connectivity index (χ0v) is 9.90. The van der Waals surface area contributed by atoms with Crippen molar-refractivity contribution in [1.82, 2.24) is 4.90 Å². The van der Waals surface area contributed by atoms with E-state index in [-0.39, 0.29) is 18.8 Å². The van der Waals surface area contributed by atoms with Crippen molar-refractivity contribution in [1.29, 1.82) is 0 Å². The first-order valence-corrected chi connectivity index (χ1v) is 5.63. The largest absolute Gasteiger partial charge is 0.395 e. The Bertz CT molecular complexity index is 133. The third kappa shape index (κ3) is 3.95. The van der Waals surface area contributed by atoms with Crippen LogP contribution in [0.15, 0.2) is 0 Å². The Kier molecular flexibility index (Phi) is 7.15. The standard InChI is InChI=1S/C11H25NO2/c1-5-11(6-2)12(7-8-13)9(3)10(4)14/h9-11,13-14H,5-8H2,1-4H3. The molecule has 14 heavy (non-hydrogen) atoms. The first-order chi connectivity index (χ1) is 6.58. The van der Waals surface area contributed by atoms with Gasteiger partial charge in [0.05, 0.1) is 12.7 Å². The topological polar surface area (TPSA) is 43.7 Å². The van der Waals surface area contributed by atoms with Gasteiger partial charge in [-0.15, -0.1) is 0 Å². The number of rotatable bonds is 7. The first kappa shape index (κ1) is 13.9. The van der Waals surface area contributed by atoms with E-state index >= 15 is 0 Å². The molecule has 0 aliphatic carbocycles. The Hall–Kier alpha value is -0.120. The van der Waals surface area contributed by atoms with Crippen LogP contribution in [-0.2, 0) is 0 Å². The molecule has 0 spiro atoms. The van der Waals surface area contributed by atoms with Crippen LogP contribution < -0.4 is 0 Å². The highest BCUT2D eigenvalue weighted by Crippen LogP contribution is 2.14. The maximum Gasteiger partial charge on any atom is 0.0664 e. The van der Waals surface area contributed by atoms with Crippen LogP contribution in [0.5, 0.6) is 0 Å². The van der Waals surface area contributed by atoms with Crippen LogP contribution in [0.25, 0.3) is 0 Å². The van der Waals surface area contributed by atoms with Crippen molar-refractivity contribution in [2.24, 2.45) is 0 Å². The lowest BCUT2D eigenvalue weighted by molar-refractivity contribution is 0.0291. The van der Waals surface area contributed by atoms with Crippen LogP contribution in [0.1, 0.15) is 40.5 Å². The van der Waals surface area contributed by atoms with Gasteiger partial charge in [-0.1, -0.05) is 13.8 Å². The maximum atomic E-state index is 9.53. The summed E-state index contributed by atoms with van der Waals surface area (Å²) in [6.07, 6.45) is 1.78. The van der Waals surface area contributed by atoms with E-state index in [1.807, 2.05) is 6.92 Å². The molecule has 2 N–H and O–H groups in total. The second kappa shape index (κ2) is 7.21. The summed E-state index contributed by atoms with van der Waals surface area (Å²) >= 11 is 0. The molecule has 0 fully saturated rings. The van der Waals surface area contributed by atoms with Crippen LogP contribution in [-0.4, -0.2) is 46.5 Å². The van der Waals surface area contributed by atoms with E-state index in [1.165, 1.54) is 0 Å². The zero-order chi connectivity index (χ0) is 11.1. The van der Waals surface area contributed by atoms with Gasteiger partial charge >= 0.3 is 0 Å². The van der Waals surface area contributed by atoms with Crippen molar-refractivity contribution in [3.8, 4) is 0 Å². The van der Waals surface area contributed by atoms with Gasteiger partial charge in [-0.25, -0.2) is 0 Å². The Balaban J connectivity index is 4.38. The average Bonchev–Trinajstić information content (AvgIpc) is 2.17. The SMILES string of the molecule is CCC(CC)N(CCO)C(C)C(C)O. The molecule has 2 atom stereocenters. The summed E-state index contributed by atoms with van der Waals surface area (Å²) in [6.45, 7) is 8.92. The minimum absolute atomic E-state index is 0.118. The van der Waals surface area contributed by atoms with Gasteiger partial charge in [0, 0.05) is 18.6 Å². The maximum absolute atomic E-state index is 9.53. The highest BCUT2D eigenvalue weighted by molar-refractivity contribution is 4.78. The van der Waals surface area contributed by atoms with E-state index in [1.54, 1.807) is 6.92 Å². The molecular weight excluding hydrogens is 178 g/mol. The van der Waals surface area contributed by atoms with Crippen molar-refractivity contribution in [2.45, 2.75) is 58.7 Å². The number of aliphatic hydroxyl groups excluding tert-OH is 2. The smallest absolute Gasteiger partial charge is 0.0664 e. The molecule has 0 aliphatic rings. The van der Waals surface area contributed by atoms with E-state index in [9.17, 15) is 5.11 Å². The Morgan fingerprint density at radius 2 is 1.64 bits per heavy atom. The summed E-state index contributed by atoms with van der Waals surface area (Å²) in [5.74, 6) is 0.